The zero-order chi connectivity index (χ0) is 13.5. The van der Waals surface area contributed by atoms with E-state index in [0.717, 1.165) is 18.9 Å². The minimum Gasteiger partial charge on any atom is -0.468 e. The van der Waals surface area contributed by atoms with Gasteiger partial charge in [0.15, 0.2) is 0 Å². The minimum atomic E-state index is 0.204. The maximum absolute atomic E-state index is 5.49. The number of nitrogens with one attached hydrogen (secondary N) is 1. The molecule has 19 heavy (non-hydrogen) atoms. The summed E-state index contributed by atoms with van der Waals surface area (Å²) >= 11 is 0. The van der Waals surface area contributed by atoms with Gasteiger partial charge < -0.3 is 14.5 Å². The molecule has 0 fully saturated rings. The van der Waals surface area contributed by atoms with Crippen molar-refractivity contribution in [2.45, 2.75) is 33.0 Å². The minimum absolute atomic E-state index is 0.204. The van der Waals surface area contributed by atoms with Gasteiger partial charge in [-0.25, -0.2) is 0 Å². The Kier molecular flexibility index (Phi) is 5.19. The Balaban J connectivity index is 1.95. The lowest BCUT2D eigenvalue weighted by molar-refractivity contribution is 0.133. The van der Waals surface area contributed by atoms with Crippen LogP contribution in [0.3, 0.4) is 0 Å². The number of hydrogen-bond acceptors (Lipinski definition) is 3. The molecule has 1 unspecified atom stereocenters. The zero-order valence-corrected chi connectivity index (χ0v) is 11.6. The maximum atomic E-state index is 5.49. The molecule has 1 N–H and O–H groups in total. The Labute approximate surface area is 114 Å². The van der Waals surface area contributed by atoms with E-state index in [0.29, 0.717) is 6.61 Å². The van der Waals surface area contributed by atoms with Crippen LogP contribution < -0.4 is 5.32 Å². The van der Waals surface area contributed by atoms with Crippen molar-refractivity contribution in [2.75, 3.05) is 6.61 Å². The molecule has 0 saturated carbocycles. The summed E-state index contributed by atoms with van der Waals surface area (Å²) in [5.41, 5.74) is 2.51. The van der Waals surface area contributed by atoms with Crippen LogP contribution in [0.5, 0.6) is 0 Å². The second-order valence-electron chi connectivity index (χ2n) is 4.52. The van der Waals surface area contributed by atoms with Gasteiger partial charge in [0, 0.05) is 13.2 Å². The second kappa shape index (κ2) is 7.12. The Morgan fingerprint density at radius 2 is 1.95 bits per heavy atom. The Hall–Kier alpha value is -1.58. The summed E-state index contributed by atoms with van der Waals surface area (Å²) in [6, 6.07) is 12.5. The van der Waals surface area contributed by atoms with E-state index in [1.54, 1.807) is 6.26 Å². The number of hydrogen-bond donors (Lipinski definition) is 1. The lowest BCUT2D eigenvalue weighted by atomic mass is 10.1. The highest BCUT2D eigenvalue weighted by molar-refractivity contribution is 5.26. The predicted molar refractivity (Wildman–Crippen MR) is 75.7 cm³/mol. The average Bonchev–Trinajstić information content (AvgIpc) is 2.97. The Morgan fingerprint density at radius 3 is 2.63 bits per heavy atom. The highest BCUT2D eigenvalue weighted by atomic mass is 16.5. The molecule has 1 atom stereocenters. The molecule has 1 aromatic carbocycles. The van der Waals surface area contributed by atoms with Crippen LogP contribution in [-0.2, 0) is 17.9 Å². The summed E-state index contributed by atoms with van der Waals surface area (Å²) < 4.78 is 10.9. The van der Waals surface area contributed by atoms with Crippen molar-refractivity contribution in [2.24, 2.45) is 0 Å². The lowest BCUT2D eigenvalue weighted by Gasteiger charge is -2.14. The van der Waals surface area contributed by atoms with Gasteiger partial charge in [-0.3, -0.25) is 0 Å². The van der Waals surface area contributed by atoms with Crippen molar-refractivity contribution in [3.8, 4) is 0 Å². The van der Waals surface area contributed by atoms with E-state index < -0.39 is 0 Å². The molecule has 0 amide bonds. The zero-order valence-electron chi connectivity index (χ0n) is 11.6. The third-order valence-corrected chi connectivity index (χ3v) is 3.15. The fourth-order valence-electron chi connectivity index (χ4n) is 1.98. The molecule has 1 aromatic heterocycles. The van der Waals surface area contributed by atoms with Crippen molar-refractivity contribution in [1.29, 1.82) is 0 Å². The van der Waals surface area contributed by atoms with Gasteiger partial charge in [-0.05, 0) is 37.1 Å². The largest absolute Gasteiger partial charge is 0.468 e. The van der Waals surface area contributed by atoms with Gasteiger partial charge in [-0.1, -0.05) is 24.3 Å². The van der Waals surface area contributed by atoms with E-state index in [2.05, 4.69) is 30.4 Å². The van der Waals surface area contributed by atoms with Gasteiger partial charge in [-0.15, -0.1) is 0 Å². The van der Waals surface area contributed by atoms with Crippen LogP contribution in [-0.4, -0.2) is 6.61 Å². The van der Waals surface area contributed by atoms with Crippen LogP contribution in [0.4, 0.5) is 0 Å². The Morgan fingerprint density at radius 1 is 1.16 bits per heavy atom. The molecular weight excluding hydrogens is 238 g/mol. The van der Waals surface area contributed by atoms with Gasteiger partial charge in [0.25, 0.3) is 0 Å². The van der Waals surface area contributed by atoms with E-state index in [-0.39, 0.29) is 6.04 Å². The highest BCUT2D eigenvalue weighted by Gasteiger charge is 2.08. The molecule has 1 heterocycles. The third kappa shape index (κ3) is 3.94. The summed E-state index contributed by atoms with van der Waals surface area (Å²) in [6.07, 6.45) is 1.70. The first-order chi connectivity index (χ1) is 9.31. The van der Waals surface area contributed by atoms with Crippen LogP contribution in [0.2, 0.25) is 0 Å². The van der Waals surface area contributed by atoms with Gasteiger partial charge in [0.1, 0.15) is 5.76 Å². The number of ether oxygens (including phenoxy) is 1. The second-order valence-corrected chi connectivity index (χ2v) is 4.52. The van der Waals surface area contributed by atoms with Crippen LogP contribution >= 0.6 is 0 Å². The summed E-state index contributed by atoms with van der Waals surface area (Å²) in [4.78, 5) is 0. The normalized spacial score (nSPS) is 12.5. The standard InChI is InChI=1S/C16H21NO2/c1-3-18-12-15-8-5-4-7-14(15)11-17-13(2)16-9-6-10-19-16/h4-10,13,17H,3,11-12H2,1-2H3. The quantitative estimate of drug-likeness (QED) is 0.824. The molecule has 2 rings (SSSR count). The van der Waals surface area contributed by atoms with Gasteiger partial charge in [0.2, 0.25) is 0 Å². The van der Waals surface area contributed by atoms with Gasteiger partial charge in [-0.2, -0.15) is 0 Å². The number of rotatable bonds is 7. The van der Waals surface area contributed by atoms with E-state index in [1.807, 2.05) is 25.1 Å². The first kappa shape index (κ1) is 13.8. The molecule has 0 aliphatic heterocycles. The van der Waals surface area contributed by atoms with E-state index >= 15 is 0 Å². The maximum Gasteiger partial charge on any atom is 0.120 e. The van der Waals surface area contributed by atoms with E-state index in [4.69, 9.17) is 9.15 Å². The van der Waals surface area contributed by atoms with Crippen molar-refractivity contribution < 1.29 is 9.15 Å². The molecular formula is C16H21NO2. The molecule has 3 heteroatoms. The summed E-state index contributed by atoms with van der Waals surface area (Å²) in [6.45, 7) is 6.34. The molecule has 3 nitrogen and oxygen atoms in total. The lowest BCUT2D eigenvalue weighted by Crippen LogP contribution is -2.18. The molecule has 0 aliphatic rings. The SMILES string of the molecule is CCOCc1ccccc1CNC(C)c1ccco1. The fraction of sp³-hybridized carbons (Fsp3) is 0.375. The van der Waals surface area contributed by atoms with Crippen LogP contribution in [0, 0.1) is 0 Å². The highest BCUT2D eigenvalue weighted by Crippen LogP contribution is 2.15. The molecule has 0 saturated heterocycles. The smallest absolute Gasteiger partial charge is 0.120 e. The number of benzene rings is 1. The van der Waals surface area contributed by atoms with Crippen LogP contribution in [0.1, 0.15) is 36.8 Å². The third-order valence-electron chi connectivity index (χ3n) is 3.15. The topological polar surface area (TPSA) is 34.4 Å². The summed E-state index contributed by atoms with van der Waals surface area (Å²) in [7, 11) is 0. The van der Waals surface area contributed by atoms with Crippen LogP contribution in [0.15, 0.2) is 47.1 Å². The monoisotopic (exact) mass is 259 g/mol. The molecule has 2 aromatic rings. The van der Waals surface area contributed by atoms with Crippen molar-refractivity contribution in [3.05, 3.63) is 59.5 Å². The molecule has 0 radical (unpaired) electrons. The first-order valence-electron chi connectivity index (χ1n) is 6.72. The van der Waals surface area contributed by atoms with Gasteiger partial charge in [0.05, 0.1) is 18.9 Å². The summed E-state index contributed by atoms with van der Waals surface area (Å²) in [5.74, 6) is 0.960. The van der Waals surface area contributed by atoms with Gasteiger partial charge >= 0.3 is 0 Å². The molecule has 0 spiro atoms. The number of furan rings is 1. The van der Waals surface area contributed by atoms with E-state index in [1.165, 1.54) is 11.1 Å². The Bertz CT molecular complexity index is 479. The van der Waals surface area contributed by atoms with Crippen molar-refractivity contribution in [3.63, 3.8) is 0 Å². The summed E-state index contributed by atoms with van der Waals surface area (Å²) in [5, 5.41) is 3.47. The first-order valence-corrected chi connectivity index (χ1v) is 6.72. The molecule has 0 aliphatic carbocycles. The molecule has 0 bridgehead atoms. The predicted octanol–water partition coefficient (Wildman–Crippen LogP) is 3.67. The van der Waals surface area contributed by atoms with Crippen LogP contribution in [0.25, 0.3) is 0 Å². The van der Waals surface area contributed by atoms with Crippen molar-refractivity contribution in [1.82, 2.24) is 5.32 Å². The molecule has 102 valence electrons. The van der Waals surface area contributed by atoms with Crippen molar-refractivity contribution >= 4 is 0 Å². The average molecular weight is 259 g/mol. The van der Waals surface area contributed by atoms with E-state index in [9.17, 15) is 0 Å². The fourth-order valence-corrected chi connectivity index (χ4v) is 1.98.